The lowest BCUT2D eigenvalue weighted by Crippen LogP contribution is -2.01. The Kier molecular flexibility index (Phi) is 3.78. The molecule has 1 N–H and O–H groups in total. The van der Waals surface area contributed by atoms with Gasteiger partial charge >= 0.3 is 5.97 Å². The minimum atomic E-state index is -1.14. The molecule has 0 bridgehead atoms. The van der Waals surface area contributed by atoms with Crippen molar-refractivity contribution in [1.29, 1.82) is 0 Å². The van der Waals surface area contributed by atoms with Gasteiger partial charge in [-0.25, -0.2) is 9.78 Å². The second-order valence-electron chi connectivity index (χ2n) is 3.52. The van der Waals surface area contributed by atoms with E-state index in [2.05, 4.69) is 11.6 Å². The molecule has 0 atom stereocenters. The van der Waals surface area contributed by atoms with Crippen molar-refractivity contribution in [3.63, 3.8) is 0 Å². The van der Waals surface area contributed by atoms with Gasteiger partial charge in [-0.2, -0.15) is 0 Å². The van der Waals surface area contributed by atoms with Gasteiger partial charge in [-0.1, -0.05) is 24.8 Å². The van der Waals surface area contributed by atoms with Crippen LogP contribution in [0, 0.1) is 0 Å². The van der Waals surface area contributed by atoms with E-state index in [1.54, 1.807) is 12.1 Å². The summed E-state index contributed by atoms with van der Waals surface area (Å²) in [5.74, 6) is 0.0174. The molecule has 0 aliphatic heterocycles. The largest absolute Gasteiger partial charge is 0.477 e. The van der Waals surface area contributed by atoms with Gasteiger partial charge in [-0.05, 0) is 12.1 Å². The first-order valence-corrected chi connectivity index (χ1v) is 5.44. The van der Waals surface area contributed by atoms with E-state index >= 15 is 0 Å². The minimum Gasteiger partial charge on any atom is -0.477 e. The van der Waals surface area contributed by atoms with E-state index in [9.17, 15) is 4.79 Å². The third-order valence-corrected chi connectivity index (χ3v) is 2.23. The van der Waals surface area contributed by atoms with E-state index in [4.69, 9.17) is 14.6 Å². The number of nitrogens with zero attached hydrogens (tertiary/aromatic N) is 1. The lowest BCUT2D eigenvalue weighted by Gasteiger charge is -2.10. The molecule has 0 unspecified atom stereocenters. The summed E-state index contributed by atoms with van der Waals surface area (Å²) >= 11 is 0. The van der Waals surface area contributed by atoms with E-state index in [1.165, 1.54) is 18.5 Å². The summed E-state index contributed by atoms with van der Waals surface area (Å²) in [4.78, 5) is 14.6. The molecule has 0 aliphatic carbocycles. The number of aromatic nitrogens is 1. The Bertz CT molecular complexity index is 596. The van der Waals surface area contributed by atoms with E-state index in [-0.39, 0.29) is 11.4 Å². The molecule has 2 aromatic rings. The number of aromatic carboxylic acids is 1. The summed E-state index contributed by atoms with van der Waals surface area (Å²) in [6, 6.07) is 10.3. The molecule has 0 radical (unpaired) electrons. The number of pyridine rings is 1. The molecular weight excluding hydrogens is 246 g/mol. The van der Waals surface area contributed by atoms with E-state index in [0.29, 0.717) is 11.5 Å². The SMILES string of the molecule is C=COc1cc(C(=O)O)ncc1Oc1ccccc1. The predicted molar refractivity (Wildman–Crippen MR) is 68.5 cm³/mol. The van der Waals surface area contributed by atoms with Crippen molar-refractivity contribution < 1.29 is 19.4 Å². The van der Waals surface area contributed by atoms with E-state index < -0.39 is 5.97 Å². The Hall–Kier alpha value is -2.82. The quantitative estimate of drug-likeness (QED) is 0.833. The van der Waals surface area contributed by atoms with Crippen LogP contribution >= 0.6 is 0 Å². The average Bonchev–Trinajstić information content (AvgIpc) is 2.42. The zero-order chi connectivity index (χ0) is 13.7. The minimum absolute atomic E-state index is 0.128. The van der Waals surface area contributed by atoms with Gasteiger partial charge in [-0.3, -0.25) is 0 Å². The van der Waals surface area contributed by atoms with Crippen molar-refractivity contribution in [3.8, 4) is 17.2 Å². The first-order valence-electron chi connectivity index (χ1n) is 5.44. The monoisotopic (exact) mass is 257 g/mol. The van der Waals surface area contributed by atoms with Gasteiger partial charge in [0.05, 0.1) is 12.5 Å². The molecule has 0 spiro atoms. The van der Waals surface area contributed by atoms with Crippen LogP contribution in [0.1, 0.15) is 10.5 Å². The lowest BCUT2D eigenvalue weighted by atomic mass is 10.3. The Labute approximate surface area is 109 Å². The third kappa shape index (κ3) is 3.10. The Balaban J connectivity index is 2.33. The predicted octanol–water partition coefficient (Wildman–Crippen LogP) is 3.09. The van der Waals surface area contributed by atoms with Gasteiger partial charge in [0.1, 0.15) is 5.75 Å². The smallest absolute Gasteiger partial charge is 0.354 e. The number of hydrogen-bond acceptors (Lipinski definition) is 4. The molecule has 96 valence electrons. The van der Waals surface area contributed by atoms with Crippen LogP contribution in [-0.4, -0.2) is 16.1 Å². The molecule has 0 saturated heterocycles. The van der Waals surface area contributed by atoms with Gasteiger partial charge in [-0.15, -0.1) is 0 Å². The number of para-hydroxylation sites is 1. The normalized spacial score (nSPS) is 9.68. The van der Waals surface area contributed by atoms with Gasteiger partial charge < -0.3 is 14.6 Å². The molecule has 19 heavy (non-hydrogen) atoms. The Morgan fingerprint density at radius 2 is 2.00 bits per heavy atom. The van der Waals surface area contributed by atoms with Crippen molar-refractivity contribution >= 4 is 5.97 Å². The molecule has 0 amide bonds. The third-order valence-electron chi connectivity index (χ3n) is 2.23. The zero-order valence-corrected chi connectivity index (χ0v) is 9.95. The number of carbonyl (C=O) groups is 1. The summed E-state index contributed by atoms with van der Waals surface area (Å²) < 4.78 is 10.7. The lowest BCUT2D eigenvalue weighted by molar-refractivity contribution is 0.0690. The van der Waals surface area contributed by atoms with Crippen LogP contribution in [0.2, 0.25) is 0 Å². The van der Waals surface area contributed by atoms with Crippen molar-refractivity contribution in [3.05, 3.63) is 61.1 Å². The van der Waals surface area contributed by atoms with Crippen LogP contribution < -0.4 is 9.47 Å². The highest BCUT2D eigenvalue weighted by atomic mass is 16.5. The number of carboxylic acids is 1. The van der Waals surface area contributed by atoms with Crippen molar-refractivity contribution in [2.45, 2.75) is 0 Å². The first kappa shape index (κ1) is 12.6. The van der Waals surface area contributed by atoms with Crippen LogP contribution in [0.15, 0.2) is 55.4 Å². The standard InChI is InChI=1S/C14H11NO4/c1-2-18-12-8-11(14(16)17)15-9-13(12)19-10-6-4-3-5-7-10/h2-9H,1H2,(H,16,17). The van der Waals surface area contributed by atoms with Crippen molar-refractivity contribution in [2.75, 3.05) is 0 Å². The summed E-state index contributed by atoms with van der Waals surface area (Å²) in [5.41, 5.74) is -0.128. The highest BCUT2D eigenvalue weighted by Gasteiger charge is 2.12. The molecule has 0 saturated carbocycles. The molecule has 1 heterocycles. The number of ether oxygens (including phenoxy) is 2. The fourth-order valence-corrected chi connectivity index (χ4v) is 1.42. The molecule has 1 aromatic heterocycles. The Morgan fingerprint density at radius 1 is 1.26 bits per heavy atom. The molecule has 2 rings (SSSR count). The number of hydrogen-bond donors (Lipinski definition) is 1. The maximum atomic E-state index is 10.8. The van der Waals surface area contributed by atoms with E-state index in [0.717, 1.165) is 0 Å². The van der Waals surface area contributed by atoms with Crippen LogP contribution in [-0.2, 0) is 0 Å². The molecule has 5 nitrogen and oxygen atoms in total. The van der Waals surface area contributed by atoms with Gasteiger partial charge in [0.2, 0.25) is 0 Å². The van der Waals surface area contributed by atoms with Gasteiger partial charge in [0.15, 0.2) is 17.2 Å². The zero-order valence-electron chi connectivity index (χ0n) is 9.95. The highest BCUT2D eigenvalue weighted by Crippen LogP contribution is 2.31. The molecule has 0 fully saturated rings. The fraction of sp³-hybridized carbons (Fsp3) is 0. The Morgan fingerprint density at radius 3 is 2.63 bits per heavy atom. The topological polar surface area (TPSA) is 68.7 Å². The van der Waals surface area contributed by atoms with Gasteiger partial charge in [0, 0.05) is 6.07 Å². The van der Waals surface area contributed by atoms with E-state index in [1.807, 2.05) is 18.2 Å². The molecular formula is C14H11NO4. The van der Waals surface area contributed by atoms with Crippen molar-refractivity contribution in [1.82, 2.24) is 4.98 Å². The fourth-order valence-electron chi connectivity index (χ4n) is 1.42. The first-order chi connectivity index (χ1) is 9.20. The van der Waals surface area contributed by atoms with Crippen LogP contribution in [0.4, 0.5) is 0 Å². The maximum Gasteiger partial charge on any atom is 0.354 e. The summed E-state index contributed by atoms with van der Waals surface area (Å²) in [7, 11) is 0. The second-order valence-corrected chi connectivity index (χ2v) is 3.52. The highest BCUT2D eigenvalue weighted by molar-refractivity contribution is 5.86. The van der Waals surface area contributed by atoms with Gasteiger partial charge in [0.25, 0.3) is 0 Å². The van der Waals surface area contributed by atoms with Crippen molar-refractivity contribution in [2.24, 2.45) is 0 Å². The summed E-state index contributed by atoms with van der Waals surface area (Å²) in [5, 5.41) is 8.87. The molecule has 5 heteroatoms. The van der Waals surface area contributed by atoms with Crippen LogP contribution in [0.3, 0.4) is 0 Å². The molecule has 0 aliphatic rings. The number of benzene rings is 1. The average molecular weight is 257 g/mol. The molecule has 1 aromatic carbocycles. The maximum absolute atomic E-state index is 10.8. The number of rotatable bonds is 5. The summed E-state index contributed by atoms with van der Waals surface area (Å²) in [6.45, 7) is 3.43. The number of carboxylic acid groups (broad SMARTS) is 1. The second kappa shape index (κ2) is 5.68. The summed E-state index contributed by atoms with van der Waals surface area (Å²) in [6.07, 6.45) is 2.49. The van der Waals surface area contributed by atoms with Crippen LogP contribution in [0.5, 0.6) is 17.2 Å². The van der Waals surface area contributed by atoms with Crippen LogP contribution in [0.25, 0.3) is 0 Å².